The molecule has 0 spiro atoms. The number of halogens is 1. The monoisotopic (exact) mass is 331 g/mol. The average molecular weight is 331 g/mol. The summed E-state index contributed by atoms with van der Waals surface area (Å²) in [4.78, 5) is 28.5. The lowest BCUT2D eigenvalue weighted by atomic mass is 10.1. The van der Waals surface area contributed by atoms with E-state index in [1.54, 1.807) is 20.8 Å². The van der Waals surface area contributed by atoms with E-state index in [1.165, 1.54) is 22.9 Å². The van der Waals surface area contributed by atoms with Crippen LogP contribution in [-0.2, 0) is 11.2 Å². The highest BCUT2D eigenvalue weighted by Gasteiger charge is 2.30. The second-order valence-corrected chi connectivity index (χ2v) is 6.57. The smallest absolute Gasteiger partial charge is 0.419 e. The zero-order chi connectivity index (χ0) is 17.5. The van der Waals surface area contributed by atoms with Gasteiger partial charge in [-0.2, -0.15) is 0 Å². The zero-order valence-electron chi connectivity index (χ0n) is 13.7. The third-order valence-electron chi connectivity index (χ3n) is 3.62. The highest BCUT2D eigenvalue weighted by molar-refractivity contribution is 5.99. The summed E-state index contributed by atoms with van der Waals surface area (Å²) in [6.07, 6.45) is 2.34. The van der Waals surface area contributed by atoms with Gasteiger partial charge in [-0.25, -0.2) is 13.8 Å². The van der Waals surface area contributed by atoms with Crippen molar-refractivity contribution in [3.05, 3.63) is 41.6 Å². The molecule has 3 rings (SSSR count). The van der Waals surface area contributed by atoms with Crippen molar-refractivity contribution in [1.82, 2.24) is 14.9 Å². The Morgan fingerprint density at radius 3 is 2.79 bits per heavy atom. The molecule has 1 N–H and O–H groups in total. The number of carbonyl (C=O) groups excluding carboxylic acids is 2. The van der Waals surface area contributed by atoms with Gasteiger partial charge >= 0.3 is 6.09 Å². The number of rotatable bonds is 1. The van der Waals surface area contributed by atoms with Gasteiger partial charge in [0.1, 0.15) is 5.60 Å². The number of nitrogens with one attached hydrogen (secondary N) is 1. The first-order valence-corrected chi connectivity index (χ1v) is 7.64. The maximum Gasteiger partial charge on any atom is 0.419 e. The molecular formula is C17H18FN3O3. The molecule has 1 aliphatic heterocycles. The van der Waals surface area contributed by atoms with Crippen LogP contribution < -0.4 is 5.32 Å². The van der Waals surface area contributed by atoms with Crippen molar-refractivity contribution in [2.45, 2.75) is 32.8 Å². The molecular weight excluding hydrogens is 313 g/mol. The summed E-state index contributed by atoms with van der Waals surface area (Å²) < 4.78 is 20.9. The first-order chi connectivity index (χ1) is 11.3. The molecule has 1 amide bonds. The van der Waals surface area contributed by atoms with Gasteiger partial charge in [0.15, 0.2) is 5.82 Å². The van der Waals surface area contributed by atoms with Crippen molar-refractivity contribution in [2.24, 2.45) is 0 Å². The quantitative estimate of drug-likeness (QED) is 0.872. The summed E-state index contributed by atoms with van der Waals surface area (Å²) in [6.45, 7) is 5.66. The molecule has 2 aromatic heterocycles. The Bertz CT molecular complexity index is 821. The standard InChI is InChI=1S/C17H18FN3O3/c1-17(2,3)24-16(23)21-13-5-7-20-15(22)11(13)8-14(21)10-4-6-19-9-12(10)18/h4,6,8-9H,5,7H2,1-3H3,(H,20,22). The van der Waals surface area contributed by atoms with E-state index >= 15 is 0 Å². The Morgan fingerprint density at radius 1 is 1.38 bits per heavy atom. The number of amides is 1. The van der Waals surface area contributed by atoms with Crippen LogP contribution in [0.25, 0.3) is 11.3 Å². The van der Waals surface area contributed by atoms with Crippen LogP contribution in [0.1, 0.15) is 36.8 Å². The summed E-state index contributed by atoms with van der Waals surface area (Å²) in [5, 5.41) is 2.72. The second-order valence-electron chi connectivity index (χ2n) is 6.57. The average Bonchev–Trinajstić information content (AvgIpc) is 2.86. The number of hydrogen-bond acceptors (Lipinski definition) is 4. The molecule has 24 heavy (non-hydrogen) atoms. The highest BCUT2D eigenvalue weighted by atomic mass is 19.1. The third-order valence-corrected chi connectivity index (χ3v) is 3.62. The van der Waals surface area contributed by atoms with E-state index in [0.29, 0.717) is 24.2 Å². The molecule has 0 fully saturated rings. The Kier molecular flexibility index (Phi) is 3.87. The molecule has 126 valence electrons. The van der Waals surface area contributed by atoms with E-state index in [4.69, 9.17) is 4.74 Å². The molecule has 0 bridgehead atoms. The van der Waals surface area contributed by atoms with Crippen LogP contribution in [0, 0.1) is 5.82 Å². The van der Waals surface area contributed by atoms with E-state index in [0.717, 1.165) is 6.20 Å². The van der Waals surface area contributed by atoms with Crippen LogP contribution in [0.3, 0.4) is 0 Å². The van der Waals surface area contributed by atoms with Gasteiger partial charge in [0.2, 0.25) is 0 Å². The Labute approximate surface area is 138 Å². The molecule has 0 saturated heterocycles. The van der Waals surface area contributed by atoms with Gasteiger partial charge in [0, 0.05) is 30.4 Å². The minimum absolute atomic E-state index is 0.193. The van der Waals surface area contributed by atoms with E-state index in [1.807, 2.05) is 0 Å². The molecule has 7 heteroatoms. The van der Waals surface area contributed by atoms with Gasteiger partial charge < -0.3 is 10.1 Å². The molecule has 0 aromatic carbocycles. The van der Waals surface area contributed by atoms with Crippen LogP contribution >= 0.6 is 0 Å². The Morgan fingerprint density at radius 2 is 2.12 bits per heavy atom. The number of aromatic nitrogens is 2. The summed E-state index contributed by atoms with van der Waals surface area (Å²) in [7, 11) is 0. The Hall–Kier alpha value is -2.70. The van der Waals surface area contributed by atoms with Crippen molar-refractivity contribution >= 4 is 12.0 Å². The SMILES string of the molecule is CC(C)(C)OC(=O)n1c(-c2ccncc2F)cc2c1CCNC2=O. The molecule has 0 aliphatic carbocycles. The van der Waals surface area contributed by atoms with Gasteiger partial charge in [-0.05, 0) is 32.9 Å². The number of fused-ring (bicyclic) bond motifs is 1. The molecule has 0 unspecified atom stereocenters. The highest BCUT2D eigenvalue weighted by Crippen LogP contribution is 2.30. The van der Waals surface area contributed by atoms with E-state index in [-0.39, 0.29) is 17.2 Å². The summed E-state index contributed by atoms with van der Waals surface area (Å²) in [5.74, 6) is -0.855. The molecule has 0 atom stereocenters. The normalized spacial score (nSPS) is 14.1. The van der Waals surface area contributed by atoms with E-state index in [2.05, 4.69) is 10.3 Å². The van der Waals surface area contributed by atoms with Gasteiger partial charge in [-0.1, -0.05) is 0 Å². The van der Waals surface area contributed by atoms with Crippen LogP contribution in [0.2, 0.25) is 0 Å². The van der Waals surface area contributed by atoms with Crippen molar-refractivity contribution in [3.8, 4) is 11.3 Å². The molecule has 6 nitrogen and oxygen atoms in total. The zero-order valence-corrected chi connectivity index (χ0v) is 13.7. The van der Waals surface area contributed by atoms with Crippen molar-refractivity contribution in [3.63, 3.8) is 0 Å². The number of nitrogens with zero attached hydrogens (tertiary/aromatic N) is 2. The van der Waals surface area contributed by atoms with Gasteiger partial charge in [-0.15, -0.1) is 0 Å². The number of pyridine rings is 1. The lowest BCUT2D eigenvalue weighted by molar-refractivity contribution is 0.0535. The first-order valence-electron chi connectivity index (χ1n) is 7.64. The third kappa shape index (κ3) is 2.89. The van der Waals surface area contributed by atoms with Crippen LogP contribution in [0.5, 0.6) is 0 Å². The topological polar surface area (TPSA) is 73.2 Å². The number of carbonyl (C=O) groups is 2. The van der Waals surface area contributed by atoms with Crippen LogP contribution in [0.4, 0.5) is 9.18 Å². The molecule has 1 aliphatic rings. The fourth-order valence-electron chi connectivity index (χ4n) is 2.68. The van der Waals surface area contributed by atoms with Crippen LogP contribution in [-0.4, -0.2) is 33.7 Å². The lowest BCUT2D eigenvalue weighted by Gasteiger charge is -2.22. The van der Waals surface area contributed by atoms with E-state index in [9.17, 15) is 14.0 Å². The van der Waals surface area contributed by atoms with Gasteiger partial charge in [0.05, 0.1) is 17.5 Å². The van der Waals surface area contributed by atoms with Gasteiger partial charge in [0.25, 0.3) is 5.91 Å². The Balaban J connectivity index is 2.20. The fraction of sp³-hybridized carbons (Fsp3) is 0.353. The minimum atomic E-state index is -0.709. The number of ether oxygens (including phenoxy) is 1. The van der Waals surface area contributed by atoms with Crippen molar-refractivity contribution in [2.75, 3.05) is 6.54 Å². The molecule has 0 radical (unpaired) electrons. The van der Waals surface area contributed by atoms with E-state index < -0.39 is 17.5 Å². The lowest BCUT2D eigenvalue weighted by Crippen LogP contribution is -2.34. The minimum Gasteiger partial charge on any atom is -0.443 e. The second kappa shape index (κ2) is 5.74. The molecule has 0 saturated carbocycles. The number of hydrogen-bond donors (Lipinski definition) is 1. The summed E-state index contributed by atoms with van der Waals surface area (Å²) in [5.41, 5.74) is 0.654. The molecule has 2 aromatic rings. The maximum atomic E-state index is 14.2. The van der Waals surface area contributed by atoms with Crippen molar-refractivity contribution < 1.29 is 18.7 Å². The van der Waals surface area contributed by atoms with Crippen molar-refractivity contribution in [1.29, 1.82) is 0 Å². The largest absolute Gasteiger partial charge is 0.443 e. The predicted octanol–water partition coefficient (Wildman–Crippen LogP) is 2.76. The predicted molar refractivity (Wildman–Crippen MR) is 85.3 cm³/mol. The maximum absolute atomic E-state index is 14.2. The van der Waals surface area contributed by atoms with Gasteiger partial charge in [-0.3, -0.25) is 9.78 Å². The molecule has 3 heterocycles. The summed E-state index contributed by atoms with van der Waals surface area (Å²) in [6, 6.07) is 2.99. The first kappa shape index (κ1) is 16.2. The summed E-state index contributed by atoms with van der Waals surface area (Å²) >= 11 is 0. The fourth-order valence-corrected chi connectivity index (χ4v) is 2.68. The van der Waals surface area contributed by atoms with Crippen LogP contribution in [0.15, 0.2) is 24.5 Å².